The molecule has 2 aromatic rings. The van der Waals surface area contributed by atoms with E-state index >= 15 is 0 Å². The maximum absolute atomic E-state index is 11.9. The van der Waals surface area contributed by atoms with E-state index < -0.39 is 0 Å². The van der Waals surface area contributed by atoms with Crippen molar-refractivity contribution < 1.29 is 9.53 Å². The topological polar surface area (TPSA) is 63.6 Å². The minimum atomic E-state index is -0.322. The van der Waals surface area contributed by atoms with Crippen LogP contribution in [0.3, 0.4) is 0 Å². The van der Waals surface area contributed by atoms with Gasteiger partial charge in [0.05, 0.1) is 18.9 Å². The summed E-state index contributed by atoms with van der Waals surface area (Å²) in [6.45, 7) is 0. The van der Waals surface area contributed by atoms with Crippen LogP contribution in [0.2, 0.25) is 0 Å². The number of nitrogens with zero attached hydrogens (tertiary/aromatic N) is 2. The van der Waals surface area contributed by atoms with Gasteiger partial charge in [0.2, 0.25) is 0 Å². The van der Waals surface area contributed by atoms with Gasteiger partial charge in [-0.3, -0.25) is 9.78 Å². The summed E-state index contributed by atoms with van der Waals surface area (Å²) in [4.78, 5) is 15.8. The summed E-state index contributed by atoms with van der Waals surface area (Å²) in [5, 5.41) is 3.87. The van der Waals surface area contributed by atoms with Crippen LogP contribution in [0.5, 0.6) is 5.75 Å². The number of ether oxygens (including phenoxy) is 1. The maximum Gasteiger partial charge on any atom is 0.275 e. The molecule has 0 aliphatic heterocycles. The first-order valence-electron chi connectivity index (χ1n) is 5.67. The molecule has 1 aromatic carbocycles. The SMILES string of the molecule is COc1ccccc1C(=O)N/N=C/c1cccnc1. The molecule has 0 unspecified atom stereocenters. The second kappa shape index (κ2) is 6.30. The van der Waals surface area contributed by atoms with E-state index in [-0.39, 0.29) is 5.91 Å². The van der Waals surface area contributed by atoms with Crippen molar-refractivity contribution in [1.82, 2.24) is 10.4 Å². The summed E-state index contributed by atoms with van der Waals surface area (Å²) >= 11 is 0. The number of aromatic nitrogens is 1. The molecule has 0 aliphatic carbocycles. The summed E-state index contributed by atoms with van der Waals surface area (Å²) < 4.78 is 5.11. The fourth-order valence-electron chi connectivity index (χ4n) is 1.51. The third kappa shape index (κ3) is 3.38. The minimum absolute atomic E-state index is 0.322. The van der Waals surface area contributed by atoms with Crippen LogP contribution in [-0.2, 0) is 0 Å². The molecule has 0 spiro atoms. The van der Waals surface area contributed by atoms with Crippen LogP contribution in [0.15, 0.2) is 53.9 Å². The van der Waals surface area contributed by atoms with Gasteiger partial charge in [0.15, 0.2) is 0 Å². The van der Waals surface area contributed by atoms with E-state index in [0.29, 0.717) is 11.3 Å². The largest absolute Gasteiger partial charge is 0.496 e. The Balaban J connectivity index is 2.04. The van der Waals surface area contributed by atoms with E-state index in [1.165, 1.54) is 13.3 Å². The molecular weight excluding hydrogens is 242 g/mol. The number of benzene rings is 1. The molecule has 5 heteroatoms. The summed E-state index contributed by atoms with van der Waals surface area (Å²) in [5.74, 6) is 0.189. The highest BCUT2D eigenvalue weighted by Gasteiger charge is 2.09. The third-order valence-electron chi connectivity index (χ3n) is 2.42. The lowest BCUT2D eigenvalue weighted by molar-refractivity contribution is 0.0952. The number of rotatable bonds is 4. The van der Waals surface area contributed by atoms with Crippen LogP contribution >= 0.6 is 0 Å². The van der Waals surface area contributed by atoms with Crippen molar-refractivity contribution in [2.75, 3.05) is 7.11 Å². The maximum atomic E-state index is 11.9. The van der Waals surface area contributed by atoms with E-state index in [4.69, 9.17) is 4.74 Å². The monoisotopic (exact) mass is 255 g/mol. The zero-order valence-electron chi connectivity index (χ0n) is 10.4. The van der Waals surface area contributed by atoms with E-state index in [0.717, 1.165) is 5.56 Å². The van der Waals surface area contributed by atoms with Crippen LogP contribution < -0.4 is 10.2 Å². The standard InChI is InChI=1S/C14H13N3O2/c1-19-13-7-3-2-6-12(13)14(18)17-16-10-11-5-4-8-15-9-11/h2-10H,1H3,(H,17,18)/b16-10+. The Hall–Kier alpha value is -2.69. The van der Waals surface area contributed by atoms with Crippen molar-refractivity contribution >= 4 is 12.1 Å². The van der Waals surface area contributed by atoms with E-state index in [9.17, 15) is 4.79 Å². The highest BCUT2D eigenvalue weighted by atomic mass is 16.5. The number of carbonyl (C=O) groups is 1. The fourth-order valence-corrected chi connectivity index (χ4v) is 1.51. The first-order chi connectivity index (χ1) is 9.31. The molecule has 0 atom stereocenters. The zero-order valence-corrected chi connectivity index (χ0v) is 10.4. The number of amides is 1. The van der Waals surface area contributed by atoms with Gasteiger partial charge >= 0.3 is 0 Å². The predicted molar refractivity (Wildman–Crippen MR) is 72.3 cm³/mol. The summed E-state index contributed by atoms with van der Waals surface area (Å²) in [5.41, 5.74) is 3.69. The van der Waals surface area contributed by atoms with Gasteiger partial charge in [-0.15, -0.1) is 0 Å². The molecule has 1 heterocycles. The summed E-state index contributed by atoms with van der Waals surface area (Å²) in [6.07, 6.45) is 4.85. The van der Waals surface area contributed by atoms with Crippen LogP contribution in [0, 0.1) is 0 Å². The quantitative estimate of drug-likeness (QED) is 0.670. The number of hydrogen-bond acceptors (Lipinski definition) is 4. The molecule has 0 fully saturated rings. The molecule has 2 rings (SSSR count). The van der Waals surface area contributed by atoms with Crippen LogP contribution in [0.1, 0.15) is 15.9 Å². The lowest BCUT2D eigenvalue weighted by atomic mass is 10.2. The van der Waals surface area contributed by atoms with Gasteiger partial charge in [-0.2, -0.15) is 5.10 Å². The Morgan fingerprint density at radius 1 is 1.32 bits per heavy atom. The molecule has 0 bridgehead atoms. The van der Waals surface area contributed by atoms with Crippen LogP contribution in [0.25, 0.3) is 0 Å². The Labute approximate surface area is 110 Å². The van der Waals surface area contributed by atoms with Crippen molar-refractivity contribution in [3.8, 4) is 5.75 Å². The van der Waals surface area contributed by atoms with Crippen LogP contribution in [0.4, 0.5) is 0 Å². The zero-order chi connectivity index (χ0) is 13.5. The molecule has 0 saturated carbocycles. The number of methoxy groups -OCH3 is 1. The van der Waals surface area contributed by atoms with Crippen LogP contribution in [-0.4, -0.2) is 24.2 Å². The average Bonchev–Trinajstić information content (AvgIpc) is 2.48. The number of nitrogens with one attached hydrogen (secondary N) is 1. The lowest BCUT2D eigenvalue weighted by Gasteiger charge is -2.05. The van der Waals surface area contributed by atoms with Crippen molar-refractivity contribution in [2.45, 2.75) is 0 Å². The lowest BCUT2D eigenvalue weighted by Crippen LogP contribution is -2.18. The number of carbonyl (C=O) groups excluding carboxylic acids is 1. The third-order valence-corrected chi connectivity index (χ3v) is 2.42. The number of hydrogen-bond donors (Lipinski definition) is 1. The second-order valence-electron chi connectivity index (χ2n) is 3.69. The predicted octanol–water partition coefficient (Wildman–Crippen LogP) is 1.85. The minimum Gasteiger partial charge on any atom is -0.496 e. The molecule has 96 valence electrons. The number of pyridine rings is 1. The number of para-hydroxylation sites is 1. The summed E-state index contributed by atoms with van der Waals surface area (Å²) in [7, 11) is 1.52. The van der Waals surface area contributed by atoms with Crippen molar-refractivity contribution in [3.05, 3.63) is 59.9 Å². The summed E-state index contributed by atoms with van der Waals surface area (Å²) in [6, 6.07) is 10.6. The molecule has 1 N–H and O–H groups in total. The van der Waals surface area contributed by atoms with Gasteiger partial charge in [-0.05, 0) is 18.2 Å². The van der Waals surface area contributed by atoms with Gasteiger partial charge in [0.25, 0.3) is 5.91 Å². The molecule has 0 radical (unpaired) electrons. The molecule has 1 amide bonds. The van der Waals surface area contributed by atoms with Crippen molar-refractivity contribution in [2.24, 2.45) is 5.10 Å². The van der Waals surface area contributed by atoms with E-state index in [2.05, 4.69) is 15.5 Å². The van der Waals surface area contributed by atoms with Crippen molar-refractivity contribution in [1.29, 1.82) is 0 Å². The first-order valence-corrected chi connectivity index (χ1v) is 5.67. The highest BCUT2D eigenvalue weighted by molar-refractivity contribution is 5.97. The van der Waals surface area contributed by atoms with E-state index in [1.54, 1.807) is 42.7 Å². The Morgan fingerprint density at radius 2 is 2.16 bits per heavy atom. The smallest absolute Gasteiger partial charge is 0.275 e. The fraction of sp³-hybridized carbons (Fsp3) is 0.0714. The first kappa shape index (κ1) is 12.8. The molecule has 19 heavy (non-hydrogen) atoms. The Morgan fingerprint density at radius 3 is 2.89 bits per heavy atom. The number of hydrazone groups is 1. The Bertz CT molecular complexity index is 582. The van der Waals surface area contributed by atoms with Gasteiger partial charge in [0, 0.05) is 18.0 Å². The van der Waals surface area contributed by atoms with Gasteiger partial charge in [0.1, 0.15) is 5.75 Å². The van der Waals surface area contributed by atoms with Crippen molar-refractivity contribution in [3.63, 3.8) is 0 Å². The van der Waals surface area contributed by atoms with Gasteiger partial charge in [-0.25, -0.2) is 5.43 Å². The second-order valence-corrected chi connectivity index (χ2v) is 3.69. The molecule has 0 aliphatic rings. The highest BCUT2D eigenvalue weighted by Crippen LogP contribution is 2.16. The molecule has 1 aromatic heterocycles. The van der Waals surface area contributed by atoms with Gasteiger partial charge in [-0.1, -0.05) is 18.2 Å². The Kier molecular flexibility index (Phi) is 4.23. The molecule has 5 nitrogen and oxygen atoms in total. The van der Waals surface area contributed by atoms with E-state index in [1.807, 2.05) is 6.07 Å². The molecular formula is C14H13N3O2. The normalized spacial score (nSPS) is 10.4. The van der Waals surface area contributed by atoms with Gasteiger partial charge < -0.3 is 4.74 Å². The average molecular weight is 255 g/mol. The molecule has 0 saturated heterocycles.